The first-order chi connectivity index (χ1) is 8.49. The molecular formula is C12H15F4NO. The van der Waals surface area contributed by atoms with Gasteiger partial charge in [-0.15, -0.1) is 0 Å². The normalized spacial score (nSPS) is 11.6. The molecule has 1 rings (SSSR count). The first-order valence-corrected chi connectivity index (χ1v) is 5.58. The summed E-state index contributed by atoms with van der Waals surface area (Å²) in [5, 5.41) is 2.94. The van der Waals surface area contributed by atoms with Crippen molar-refractivity contribution in [3.05, 3.63) is 29.3 Å². The molecule has 0 heterocycles. The van der Waals surface area contributed by atoms with Crippen molar-refractivity contribution in [2.45, 2.75) is 19.6 Å². The van der Waals surface area contributed by atoms with Crippen molar-refractivity contribution in [3.8, 4) is 5.75 Å². The van der Waals surface area contributed by atoms with E-state index < -0.39 is 18.4 Å². The molecule has 0 aliphatic rings. The van der Waals surface area contributed by atoms with E-state index in [2.05, 4.69) is 5.32 Å². The highest BCUT2D eigenvalue weighted by atomic mass is 19.4. The van der Waals surface area contributed by atoms with Gasteiger partial charge in [0.05, 0.1) is 5.56 Å². The summed E-state index contributed by atoms with van der Waals surface area (Å²) in [5.41, 5.74) is -0.358. The van der Waals surface area contributed by atoms with E-state index in [1.165, 1.54) is 12.1 Å². The van der Waals surface area contributed by atoms with Crippen molar-refractivity contribution in [1.82, 2.24) is 5.32 Å². The highest BCUT2D eigenvalue weighted by Gasteiger charge is 2.34. The summed E-state index contributed by atoms with van der Waals surface area (Å²) in [6.45, 7) is 1.68. The van der Waals surface area contributed by atoms with Gasteiger partial charge < -0.3 is 10.1 Å². The topological polar surface area (TPSA) is 21.3 Å². The molecule has 102 valence electrons. The van der Waals surface area contributed by atoms with Gasteiger partial charge in [0.15, 0.2) is 0 Å². The Morgan fingerprint density at radius 3 is 2.56 bits per heavy atom. The fraction of sp³-hybridized carbons (Fsp3) is 0.500. The van der Waals surface area contributed by atoms with E-state index in [4.69, 9.17) is 4.74 Å². The van der Waals surface area contributed by atoms with Crippen molar-refractivity contribution < 1.29 is 22.3 Å². The summed E-state index contributed by atoms with van der Waals surface area (Å²) in [4.78, 5) is 0. The maximum Gasteiger partial charge on any atom is 0.419 e. The third-order valence-electron chi connectivity index (χ3n) is 2.26. The summed E-state index contributed by atoms with van der Waals surface area (Å²) in [5.74, 6) is -0.333. The van der Waals surface area contributed by atoms with Gasteiger partial charge in [-0.3, -0.25) is 0 Å². The molecule has 0 saturated heterocycles. The summed E-state index contributed by atoms with van der Waals surface area (Å²) in [6.07, 6.45) is -4.51. The standard InChI is InChI=1S/C12H15F4NO/c1-2-17-8-9-3-4-11(18-6-5-13)10(7-9)12(14,15)16/h3-4,7,17H,2,5-6,8H2,1H3. The van der Waals surface area contributed by atoms with Gasteiger partial charge in [-0.05, 0) is 24.2 Å². The maximum atomic E-state index is 12.8. The van der Waals surface area contributed by atoms with Crippen LogP contribution in [0, 0.1) is 0 Å². The molecule has 0 bridgehead atoms. The molecule has 0 unspecified atom stereocenters. The molecule has 0 radical (unpaired) electrons. The number of halogens is 4. The zero-order chi connectivity index (χ0) is 13.6. The average Bonchev–Trinajstić information content (AvgIpc) is 2.33. The molecule has 6 heteroatoms. The molecule has 0 spiro atoms. The van der Waals surface area contributed by atoms with E-state index in [1.54, 1.807) is 0 Å². The fourth-order valence-electron chi connectivity index (χ4n) is 1.45. The zero-order valence-electron chi connectivity index (χ0n) is 9.98. The highest BCUT2D eigenvalue weighted by molar-refractivity contribution is 5.39. The van der Waals surface area contributed by atoms with Crippen LogP contribution in [0.2, 0.25) is 0 Å². The summed E-state index contributed by atoms with van der Waals surface area (Å²) < 4.78 is 55.0. The van der Waals surface area contributed by atoms with E-state index in [1.807, 2.05) is 6.92 Å². The van der Waals surface area contributed by atoms with Gasteiger partial charge in [0, 0.05) is 6.54 Å². The van der Waals surface area contributed by atoms with E-state index in [9.17, 15) is 17.6 Å². The monoisotopic (exact) mass is 265 g/mol. The molecule has 18 heavy (non-hydrogen) atoms. The average molecular weight is 265 g/mol. The predicted octanol–water partition coefficient (Wildman–Crippen LogP) is 3.16. The molecule has 0 fully saturated rings. The number of hydrogen-bond donors (Lipinski definition) is 1. The van der Waals surface area contributed by atoms with Gasteiger partial charge in [-0.1, -0.05) is 13.0 Å². The van der Waals surface area contributed by atoms with Crippen LogP contribution in [-0.4, -0.2) is 19.8 Å². The number of benzene rings is 1. The Morgan fingerprint density at radius 1 is 1.28 bits per heavy atom. The van der Waals surface area contributed by atoms with E-state index in [0.717, 1.165) is 6.07 Å². The van der Waals surface area contributed by atoms with Crippen LogP contribution >= 0.6 is 0 Å². The third kappa shape index (κ3) is 4.18. The molecule has 0 aliphatic carbocycles. The quantitative estimate of drug-likeness (QED) is 0.798. The second kappa shape index (κ2) is 6.58. The zero-order valence-corrected chi connectivity index (χ0v) is 9.98. The molecular weight excluding hydrogens is 250 g/mol. The van der Waals surface area contributed by atoms with E-state index in [0.29, 0.717) is 18.7 Å². The summed E-state index contributed by atoms with van der Waals surface area (Å²) in [7, 11) is 0. The number of ether oxygens (including phenoxy) is 1. The highest BCUT2D eigenvalue weighted by Crippen LogP contribution is 2.36. The molecule has 1 aromatic carbocycles. The predicted molar refractivity (Wildman–Crippen MR) is 60.3 cm³/mol. The first-order valence-electron chi connectivity index (χ1n) is 5.58. The molecule has 0 atom stereocenters. The maximum absolute atomic E-state index is 12.8. The second-order valence-electron chi connectivity index (χ2n) is 3.65. The SMILES string of the molecule is CCNCc1ccc(OCCF)c(C(F)(F)F)c1. The fourth-order valence-corrected chi connectivity index (χ4v) is 1.45. The van der Waals surface area contributed by atoms with Crippen LogP contribution in [0.15, 0.2) is 18.2 Å². The third-order valence-corrected chi connectivity index (χ3v) is 2.26. The Balaban J connectivity index is 2.97. The lowest BCUT2D eigenvalue weighted by atomic mass is 10.1. The minimum Gasteiger partial charge on any atom is -0.490 e. The van der Waals surface area contributed by atoms with Crippen LogP contribution in [0.25, 0.3) is 0 Å². The molecule has 1 aromatic rings. The second-order valence-corrected chi connectivity index (χ2v) is 3.65. The minimum absolute atomic E-state index is 0.333. The van der Waals surface area contributed by atoms with Crippen LogP contribution in [-0.2, 0) is 12.7 Å². The number of rotatable bonds is 6. The lowest BCUT2D eigenvalue weighted by Gasteiger charge is -2.15. The van der Waals surface area contributed by atoms with Crippen LogP contribution in [0.3, 0.4) is 0 Å². The van der Waals surface area contributed by atoms with E-state index >= 15 is 0 Å². The van der Waals surface area contributed by atoms with Gasteiger partial charge in [0.25, 0.3) is 0 Å². The Kier molecular flexibility index (Phi) is 5.40. The smallest absolute Gasteiger partial charge is 0.419 e. The summed E-state index contributed by atoms with van der Waals surface area (Å²) >= 11 is 0. The van der Waals surface area contributed by atoms with Crippen LogP contribution in [0.4, 0.5) is 17.6 Å². The number of hydrogen-bond acceptors (Lipinski definition) is 2. The van der Waals surface area contributed by atoms with Gasteiger partial charge in [-0.25, -0.2) is 4.39 Å². The molecule has 0 amide bonds. The van der Waals surface area contributed by atoms with Crippen LogP contribution < -0.4 is 10.1 Å². The lowest BCUT2D eigenvalue weighted by molar-refractivity contribution is -0.139. The Bertz CT molecular complexity index is 379. The minimum atomic E-state index is -4.51. The Labute approximate surface area is 103 Å². The van der Waals surface area contributed by atoms with Crippen molar-refractivity contribution in [2.75, 3.05) is 19.8 Å². The number of nitrogens with one attached hydrogen (secondary N) is 1. The van der Waals surface area contributed by atoms with Gasteiger partial charge in [0.1, 0.15) is 19.0 Å². The molecule has 1 N–H and O–H groups in total. The molecule has 2 nitrogen and oxygen atoms in total. The Hall–Kier alpha value is -1.30. The van der Waals surface area contributed by atoms with Crippen molar-refractivity contribution in [2.24, 2.45) is 0 Å². The van der Waals surface area contributed by atoms with Crippen molar-refractivity contribution >= 4 is 0 Å². The van der Waals surface area contributed by atoms with Crippen LogP contribution in [0.1, 0.15) is 18.1 Å². The van der Waals surface area contributed by atoms with Gasteiger partial charge >= 0.3 is 6.18 Å². The molecule has 0 saturated carbocycles. The van der Waals surface area contributed by atoms with Gasteiger partial charge in [-0.2, -0.15) is 13.2 Å². The van der Waals surface area contributed by atoms with Crippen molar-refractivity contribution in [3.63, 3.8) is 0 Å². The first kappa shape index (κ1) is 14.8. The van der Waals surface area contributed by atoms with Crippen molar-refractivity contribution in [1.29, 1.82) is 0 Å². The van der Waals surface area contributed by atoms with Crippen LogP contribution in [0.5, 0.6) is 5.75 Å². The molecule has 0 aromatic heterocycles. The van der Waals surface area contributed by atoms with Gasteiger partial charge in [0.2, 0.25) is 0 Å². The largest absolute Gasteiger partial charge is 0.490 e. The number of alkyl halides is 4. The molecule has 0 aliphatic heterocycles. The lowest BCUT2D eigenvalue weighted by Crippen LogP contribution is -2.14. The Morgan fingerprint density at radius 2 is 2.00 bits per heavy atom. The summed E-state index contributed by atoms with van der Waals surface area (Å²) in [6, 6.07) is 3.78. The van der Waals surface area contributed by atoms with E-state index in [-0.39, 0.29) is 12.4 Å².